The van der Waals surface area contributed by atoms with E-state index in [-0.39, 0.29) is 12.2 Å². The van der Waals surface area contributed by atoms with Crippen molar-refractivity contribution in [3.63, 3.8) is 0 Å². The molecule has 1 N–H and O–H groups in total. The molecule has 21 heavy (non-hydrogen) atoms. The average Bonchev–Trinajstić information content (AvgIpc) is 2.40. The Bertz CT molecular complexity index is 656. The molecule has 1 nitrogen and oxygen atoms in total. The van der Waals surface area contributed by atoms with Crippen molar-refractivity contribution in [3.05, 3.63) is 62.3 Å². The minimum atomic E-state index is -4.46. The van der Waals surface area contributed by atoms with Crippen molar-refractivity contribution in [2.75, 3.05) is 5.32 Å². The molecule has 7 heteroatoms. The maximum Gasteiger partial charge on any atom is 0.418 e. The van der Waals surface area contributed by atoms with Gasteiger partial charge in [-0.1, -0.05) is 22.0 Å². The number of hydrogen-bond acceptors (Lipinski definition) is 1. The number of hydrogen-bond donors (Lipinski definition) is 1. The lowest BCUT2D eigenvalue weighted by molar-refractivity contribution is -0.137. The molecule has 0 fully saturated rings. The predicted molar refractivity (Wildman–Crippen MR) is 80.6 cm³/mol. The summed E-state index contributed by atoms with van der Waals surface area (Å²) in [5.74, 6) is -0.457. The lowest BCUT2D eigenvalue weighted by atomic mass is 10.1. The zero-order chi connectivity index (χ0) is 15.6. The SMILES string of the molecule is Fc1cc(CNc2ccc(Br)cc2C(F)(F)F)ccc1Br. The summed E-state index contributed by atoms with van der Waals surface area (Å²) in [5.41, 5.74) is -0.268. The molecule has 0 bridgehead atoms. The third kappa shape index (κ3) is 4.20. The van der Waals surface area contributed by atoms with Crippen LogP contribution in [0.1, 0.15) is 11.1 Å². The number of benzene rings is 2. The molecule has 0 atom stereocenters. The Hall–Kier alpha value is -1.08. The highest BCUT2D eigenvalue weighted by molar-refractivity contribution is 9.10. The number of alkyl halides is 3. The third-order valence-corrected chi connectivity index (χ3v) is 3.89. The van der Waals surface area contributed by atoms with Crippen molar-refractivity contribution in [1.82, 2.24) is 0 Å². The van der Waals surface area contributed by atoms with Crippen LogP contribution in [-0.4, -0.2) is 0 Å². The van der Waals surface area contributed by atoms with Gasteiger partial charge in [0.2, 0.25) is 0 Å². The Labute approximate surface area is 135 Å². The fraction of sp³-hybridized carbons (Fsp3) is 0.143. The van der Waals surface area contributed by atoms with Crippen LogP contribution in [0.2, 0.25) is 0 Å². The minimum absolute atomic E-state index is 0.0472. The van der Waals surface area contributed by atoms with E-state index in [9.17, 15) is 17.6 Å². The van der Waals surface area contributed by atoms with Crippen LogP contribution in [0.25, 0.3) is 0 Å². The first-order valence-electron chi connectivity index (χ1n) is 5.82. The van der Waals surface area contributed by atoms with Gasteiger partial charge >= 0.3 is 6.18 Å². The summed E-state index contributed by atoms with van der Waals surface area (Å²) < 4.78 is 52.9. The Morgan fingerprint density at radius 3 is 2.33 bits per heavy atom. The van der Waals surface area contributed by atoms with Gasteiger partial charge in [0.25, 0.3) is 0 Å². The maximum atomic E-state index is 13.4. The van der Waals surface area contributed by atoms with Gasteiger partial charge in [-0.3, -0.25) is 0 Å². The molecule has 0 aliphatic carbocycles. The molecular formula is C14H9Br2F4N. The standard InChI is InChI=1S/C14H9Br2F4N/c15-9-2-4-13(10(6-9)14(18,19)20)21-7-8-1-3-11(16)12(17)5-8/h1-6,21H,7H2. The molecule has 0 saturated heterocycles. The lowest BCUT2D eigenvalue weighted by Gasteiger charge is -2.15. The van der Waals surface area contributed by atoms with Gasteiger partial charge in [0.1, 0.15) is 5.82 Å². The van der Waals surface area contributed by atoms with Crippen LogP contribution in [-0.2, 0) is 12.7 Å². The molecule has 0 aromatic heterocycles. The average molecular weight is 427 g/mol. The highest BCUT2D eigenvalue weighted by Crippen LogP contribution is 2.36. The van der Waals surface area contributed by atoms with E-state index in [0.717, 1.165) is 6.07 Å². The summed E-state index contributed by atoms with van der Waals surface area (Å²) >= 11 is 6.04. The Balaban J connectivity index is 2.22. The Morgan fingerprint density at radius 1 is 1.00 bits per heavy atom. The first-order chi connectivity index (χ1) is 9.77. The predicted octanol–water partition coefficient (Wildman–Crippen LogP) is 5.98. The molecule has 112 valence electrons. The summed E-state index contributed by atoms with van der Waals surface area (Å²) in [7, 11) is 0. The number of nitrogens with one attached hydrogen (secondary N) is 1. The second-order valence-corrected chi connectivity index (χ2v) is 6.06. The van der Waals surface area contributed by atoms with Gasteiger partial charge in [-0.2, -0.15) is 13.2 Å². The second-order valence-electron chi connectivity index (χ2n) is 4.29. The van der Waals surface area contributed by atoms with E-state index >= 15 is 0 Å². The van der Waals surface area contributed by atoms with Gasteiger partial charge in [-0.15, -0.1) is 0 Å². The molecule has 0 saturated carbocycles. The van der Waals surface area contributed by atoms with Crippen LogP contribution >= 0.6 is 31.9 Å². The molecule has 2 aromatic carbocycles. The highest BCUT2D eigenvalue weighted by atomic mass is 79.9. The van der Waals surface area contributed by atoms with Gasteiger partial charge in [0, 0.05) is 16.7 Å². The van der Waals surface area contributed by atoms with E-state index in [1.54, 1.807) is 6.07 Å². The number of halogens is 6. The van der Waals surface area contributed by atoms with Crippen molar-refractivity contribution < 1.29 is 17.6 Å². The van der Waals surface area contributed by atoms with E-state index < -0.39 is 17.6 Å². The van der Waals surface area contributed by atoms with Crippen LogP contribution in [0.4, 0.5) is 23.2 Å². The van der Waals surface area contributed by atoms with E-state index in [2.05, 4.69) is 37.2 Å². The molecule has 2 aromatic rings. The van der Waals surface area contributed by atoms with Crippen LogP contribution in [0.3, 0.4) is 0 Å². The van der Waals surface area contributed by atoms with Gasteiger partial charge < -0.3 is 5.32 Å². The normalized spacial score (nSPS) is 11.5. The van der Waals surface area contributed by atoms with Gasteiger partial charge in [0.15, 0.2) is 0 Å². The minimum Gasteiger partial charge on any atom is -0.380 e. The fourth-order valence-corrected chi connectivity index (χ4v) is 2.36. The Morgan fingerprint density at radius 2 is 1.71 bits per heavy atom. The van der Waals surface area contributed by atoms with Crippen LogP contribution < -0.4 is 5.32 Å². The topological polar surface area (TPSA) is 12.0 Å². The molecular weight excluding hydrogens is 418 g/mol. The smallest absolute Gasteiger partial charge is 0.380 e. The van der Waals surface area contributed by atoms with Crippen molar-refractivity contribution in [2.45, 2.75) is 12.7 Å². The first kappa shape index (κ1) is 16.3. The molecule has 0 heterocycles. The molecule has 2 rings (SSSR count). The van der Waals surface area contributed by atoms with E-state index in [0.29, 0.717) is 14.5 Å². The van der Waals surface area contributed by atoms with Gasteiger partial charge in [-0.05, 0) is 51.8 Å². The third-order valence-electron chi connectivity index (χ3n) is 2.75. The lowest BCUT2D eigenvalue weighted by Crippen LogP contribution is -2.11. The molecule has 0 aliphatic rings. The zero-order valence-corrected chi connectivity index (χ0v) is 13.6. The van der Waals surface area contributed by atoms with Gasteiger partial charge in [-0.25, -0.2) is 4.39 Å². The maximum absolute atomic E-state index is 13.4. The van der Waals surface area contributed by atoms with Crippen molar-refractivity contribution >= 4 is 37.5 Å². The van der Waals surface area contributed by atoms with Crippen LogP contribution in [0.15, 0.2) is 45.3 Å². The summed E-state index contributed by atoms with van der Waals surface area (Å²) in [6, 6.07) is 8.26. The Kier molecular flexibility index (Phi) is 4.93. The largest absolute Gasteiger partial charge is 0.418 e. The van der Waals surface area contributed by atoms with Crippen molar-refractivity contribution in [3.8, 4) is 0 Å². The molecule has 0 aliphatic heterocycles. The molecule has 0 amide bonds. The monoisotopic (exact) mass is 425 g/mol. The van der Waals surface area contributed by atoms with Crippen LogP contribution in [0, 0.1) is 5.82 Å². The molecule has 0 spiro atoms. The number of rotatable bonds is 3. The zero-order valence-electron chi connectivity index (χ0n) is 10.4. The van der Waals surface area contributed by atoms with E-state index in [1.165, 1.54) is 24.3 Å². The highest BCUT2D eigenvalue weighted by Gasteiger charge is 2.33. The fourth-order valence-electron chi connectivity index (χ4n) is 1.75. The quantitative estimate of drug-likeness (QED) is 0.595. The summed E-state index contributed by atoms with van der Waals surface area (Å²) in [4.78, 5) is 0. The summed E-state index contributed by atoms with van der Waals surface area (Å²) in [6.07, 6.45) is -4.46. The molecule has 0 unspecified atom stereocenters. The van der Waals surface area contributed by atoms with Crippen LogP contribution in [0.5, 0.6) is 0 Å². The van der Waals surface area contributed by atoms with Crippen molar-refractivity contribution in [2.24, 2.45) is 0 Å². The van der Waals surface area contributed by atoms with Gasteiger partial charge in [0.05, 0.1) is 10.0 Å². The molecule has 0 radical (unpaired) electrons. The summed E-state index contributed by atoms with van der Waals surface area (Å²) in [6.45, 7) is 0.0922. The van der Waals surface area contributed by atoms with Crippen molar-refractivity contribution in [1.29, 1.82) is 0 Å². The van der Waals surface area contributed by atoms with E-state index in [4.69, 9.17) is 0 Å². The summed E-state index contributed by atoms with van der Waals surface area (Å²) in [5, 5.41) is 2.69. The second kappa shape index (κ2) is 6.36. The number of anilines is 1. The first-order valence-corrected chi connectivity index (χ1v) is 7.40. The van der Waals surface area contributed by atoms with E-state index in [1.807, 2.05) is 0 Å².